The fraction of sp³-hybridized carbons (Fsp3) is 0.455. The first kappa shape index (κ1) is 11.3. The third-order valence-electron chi connectivity index (χ3n) is 2.08. The predicted molar refractivity (Wildman–Crippen MR) is 56.8 cm³/mol. The van der Waals surface area contributed by atoms with Gasteiger partial charge in [-0.05, 0) is 13.0 Å². The zero-order chi connectivity index (χ0) is 11.4. The Bertz CT molecular complexity index is 390. The van der Waals surface area contributed by atoms with Crippen LogP contribution in [0.3, 0.4) is 0 Å². The third-order valence-corrected chi connectivity index (χ3v) is 2.08. The lowest BCUT2D eigenvalue weighted by Crippen LogP contribution is -2.22. The fourth-order valence-electron chi connectivity index (χ4n) is 1.26. The van der Waals surface area contributed by atoms with E-state index in [0.717, 1.165) is 0 Å². The highest BCUT2D eigenvalue weighted by Crippen LogP contribution is 2.18. The number of furan rings is 1. The number of Topliss-reactive ketones (excluding diaryl/α,β-unsaturated/α-hetero) is 1. The van der Waals surface area contributed by atoms with E-state index in [1.807, 2.05) is 18.9 Å². The van der Waals surface area contributed by atoms with Gasteiger partial charge in [-0.2, -0.15) is 5.26 Å². The molecule has 0 bridgehead atoms. The van der Waals surface area contributed by atoms with Crippen molar-refractivity contribution in [2.45, 2.75) is 13.8 Å². The number of rotatable bonds is 4. The smallest absolute Gasteiger partial charge is 0.196 e. The summed E-state index contributed by atoms with van der Waals surface area (Å²) in [6.45, 7) is 3.88. The number of nitrogens with zero attached hydrogens (tertiary/aromatic N) is 2. The molecule has 1 heterocycles. The van der Waals surface area contributed by atoms with E-state index in [9.17, 15) is 4.79 Å². The lowest BCUT2D eigenvalue weighted by atomic mass is 10.2. The van der Waals surface area contributed by atoms with E-state index in [4.69, 9.17) is 9.68 Å². The highest BCUT2D eigenvalue weighted by atomic mass is 16.4. The van der Waals surface area contributed by atoms with Gasteiger partial charge in [-0.1, -0.05) is 0 Å². The van der Waals surface area contributed by atoms with Crippen molar-refractivity contribution in [2.75, 3.05) is 18.5 Å². The van der Waals surface area contributed by atoms with Gasteiger partial charge in [0.25, 0.3) is 0 Å². The lowest BCUT2D eigenvalue weighted by Gasteiger charge is -2.16. The first-order valence-corrected chi connectivity index (χ1v) is 4.76. The molecule has 0 aliphatic carbocycles. The summed E-state index contributed by atoms with van der Waals surface area (Å²) in [6, 6.07) is 5.53. The molecular weight excluding hydrogens is 192 g/mol. The van der Waals surface area contributed by atoms with Gasteiger partial charge in [-0.25, -0.2) is 0 Å². The van der Waals surface area contributed by atoms with Gasteiger partial charge >= 0.3 is 0 Å². The SMILES string of the molecule is CC(=O)c1ccc(N(C)CC(C)C#N)o1. The molecule has 4 nitrogen and oxygen atoms in total. The molecule has 1 aromatic heterocycles. The van der Waals surface area contributed by atoms with Crippen molar-refractivity contribution >= 4 is 11.7 Å². The van der Waals surface area contributed by atoms with E-state index in [1.54, 1.807) is 12.1 Å². The second-order valence-corrected chi connectivity index (χ2v) is 3.60. The number of carbonyl (C=O) groups excluding carboxylic acids is 1. The average molecular weight is 206 g/mol. The summed E-state index contributed by atoms with van der Waals surface area (Å²) in [6.07, 6.45) is 0. The Morgan fingerprint density at radius 2 is 2.33 bits per heavy atom. The van der Waals surface area contributed by atoms with Crippen LogP contribution >= 0.6 is 0 Å². The summed E-state index contributed by atoms with van der Waals surface area (Å²) in [5.74, 6) is 0.799. The van der Waals surface area contributed by atoms with Gasteiger partial charge in [0.2, 0.25) is 0 Å². The van der Waals surface area contributed by atoms with E-state index in [1.165, 1.54) is 6.92 Å². The molecule has 0 fully saturated rings. The molecular formula is C11H14N2O2. The van der Waals surface area contributed by atoms with E-state index >= 15 is 0 Å². The minimum atomic E-state index is -0.0945. The largest absolute Gasteiger partial charge is 0.437 e. The fourth-order valence-corrected chi connectivity index (χ4v) is 1.26. The summed E-state index contributed by atoms with van der Waals surface area (Å²) in [5.41, 5.74) is 0. The van der Waals surface area contributed by atoms with Crippen molar-refractivity contribution < 1.29 is 9.21 Å². The highest BCUT2D eigenvalue weighted by Gasteiger charge is 2.11. The Kier molecular flexibility index (Phi) is 3.51. The third kappa shape index (κ3) is 2.84. The Morgan fingerprint density at radius 1 is 1.67 bits per heavy atom. The maximum absolute atomic E-state index is 11.0. The summed E-state index contributed by atoms with van der Waals surface area (Å²) in [5, 5.41) is 8.66. The second-order valence-electron chi connectivity index (χ2n) is 3.60. The zero-order valence-electron chi connectivity index (χ0n) is 9.15. The van der Waals surface area contributed by atoms with Crippen molar-refractivity contribution in [2.24, 2.45) is 5.92 Å². The van der Waals surface area contributed by atoms with Gasteiger partial charge in [-0.15, -0.1) is 0 Å². The first-order chi connectivity index (χ1) is 7.04. The molecule has 0 saturated heterocycles. The molecule has 15 heavy (non-hydrogen) atoms. The van der Waals surface area contributed by atoms with Crippen molar-refractivity contribution in [3.8, 4) is 6.07 Å². The maximum Gasteiger partial charge on any atom is 0.196 e. The quantitative estimate of drug-likeness (QED) is 0.708. The zero-order valence-corrected chi connectivity index (χ0v) is 9.15. The molecule has 1 atom stereocenters. The standard InChI is InChI=1S/C11H14N2O2/c1-8(6-12)7-13(3)11-5-4-10(15-11)9(2)14/h4-5,8H,7H2,1-3H3. The number of hydrogen-bond donors (Lipinski definition) is 0. The van der Waals surface area contributed by atoms with Crippen molar-refractivity contribution in [3.63, 3.8) is 0 Å². The maximum atomic E-state index is 11.0. The van der Waals surface area contributed by atoms with Crippen LogP contribution in [0.25, 0.3) is 0 Å². The van der Waals surface area contributed by atoms with Crippen LogP contribution in [0, 0.1) is 17.2 Å². The van der Waals surface area contributed by atoms with Gasteiger partial charge in [0.15, 0.2) is 17.4 Å². The first-order valence-electron chi connectivity index (χ1n) is 4.76. The minimum Gasteiger partial charge on any atom is -0.437 e. The van der Waals surface area contributed by atoms with Gasteiger partial charge in [0, 0.05) is 26.6 Å². The number of hydrogen-bond acceptors (Lipinski definition) is 4. The van der Waals surface area contributed by atoms with Crippen molar-refractivity contribution in [1.29, 1.82) is 5.26 Å². The summed E-state index contributed by atoms with van der Waals surface area (Å²) in [4.78, 5) is 12.8. The Balaban J connectivity index is 2.71. The van der Waals surface area contributed by atoms with E-state index in [-0.39, 0.29) is 11.7 Å². The summed E-state index contributed by atoms with van der Waals surface area (Å²) < 4.78 is 5.32. The molecule has 0 aliphatic heterocycles. The molecule has 0 aliphatic rings. The number of anilines is 1. The number of nitriles is 1. The average Bonchev–Trinajstić information content (AvgIpc) is 2.66. The second kappa shape index (κ2) is 4.65. The Hall–Kier alpha value is -1.76. The minimum absolute atomic E-state index is 0.0686. The van der Waals surface area contributed by atoms with Crippen molar-refractivity contribution in [3.05, 3.63) is 17.9 Å². The molecule has 80 valence electrons. The van der Waals surface area contributed by atoms with Gasteiger partial charge in [-0.3, -0.25) is 4.79 Å². The van der Waals surface area contributed by atoms with Crippen LogP contribution in [0.4, 0.5) is 5.88 Å². The van der Waals surface area contributed by atoms with Crippen LogP contribution in [0.1, 0.15) is 24.4 Å². The van der Waals surface area contributed by atoms with E-state index < -0.39 is 0 Å². The van der Waals surface area contributed by atoms with Crippen LogP contribution in [0.5, 0.6) is 0 Å². The van der Waals surface area contributed by atoms with E-state index in [0.29, 0.717) is 18.2 Å². The topological polar surface area (TPSA) is 57.2 Å². The van der Waals surface area contributed by atoms with Crippen molar-refractivity contribution in [1.82, 2.24) is 0 Å². The van der Waals surface area contributed by atoms with Gasteiger partial charge < -0.3 is 9.32 Å². The lowest BCUT2D eigenvalue weighted by molar-refractivity contribution is 0.0988. The van der Waals surface area contributed by atoms with Crippen LogP contribution in [0.2, 0.25) is 0 Å². The van der Waals surface area contributed by atoms with E-state index in [2.05, 4.69) is 6.07 Å². The van der Waals surface area contributed by atoms with Gasteiger partial charge in [0.1, 0.15) is 0 Å². The molecule has 0 amide bonds. The van der Waals surface area contributed by atoms with Gasteiger partial charge in [0.05, 0.1) is 12.0 Å². The molecule has 4 heteroatoms. The monoisotopic (exact) mass is 206 g/mol. The Morgan fingerprint density at radius 3 is 2.80 bits per heavy atom. The predicted octanol–water partition coefficient (Wildman–Crippen LogP) is 2.08. The molecule has 1 rings (SSSR count). The molecule has 1 unspecified atom stereocenters. The molecule has 1 aromatic rings. The molecule has 0 radical (unpaired) electrons. The van der Waals surface area contributed by atoms with Crippen LogP contribution in [-0.2, 0) is 0 Å². The Labute approximate surface area is 89.1 Å². The summed E-state index contributed by atoms with van der Waals surface area (Å²) >= 11 is 0. The summed E-state index contributed by atoms with van der Waals surface area (Å²) in [7, 11) is 1.83. The van der Waals surface area contributed by atoms with Crippen LogP contribution < -0.4 is 4.90 Å². The molecule has 0 spiro atoms. The number of ketones is 1. The molecule has 0 N–H and O–H groups in total. The number of carbonyl (C=O) groups is 1. The normalized spacial score (nSPS) is 11.9. The highest BCUT2D eigenvalue weighted by molar-refractivity contribution is 5.91. The molecule has 0 aromatic carbocycles. The molecule has 0 saturated carbocycles. The van der Waals surface area contributed by atoms with Crippen LogP contribution in [-0.4, -0.2) is 19.4 Å². The van der Waals surface area contributed by atoms with Crippen LogP contribution in [0.15, 0.2) is 16.5 Å².